The Kier molecular flexibility index (Phi) is 4.89. The minimum Gasteiger partial charge on any atom is -0.379 e. The molecule has 0 bridgehead atoms. The van der Waals surface area contributed by atoms with Crippen molar-refractivity contribution in [3.63, 3.8) is 0 Å². The molecule has 1 aliphatic heterocycles. The molecule has 7 nitrogen and oxygen atoms in total. The Balaban J connectivity index is 1.73. The summed E-state index contributed by atoms with van der Waals surface area (Å²) in [6, 6.07) is 1.96. The molecule has 24 heavy (non-hydrogen) atoms. The molecule has 3 rings (SSSR count). The molecule has 0 aliphatic carbocycles. The van der Waals surface area contributed by atoms with E-state index in [0.29, 0.717) is 38.5 Å². The van der Waals surface area contributed by atoms with E-state index in [1.54, 1.807) is 17.0 Å². The summed E-state index contributed by atoms with van der Waals surface area (Å²) < 4.78 is 7.44. The van der Waals surface area contributed by atoms with Crippen molar-refractivity contribution in [1.82, 2.24) is 24.4 Å². The monoisotopic (exact) mass is 329 g/mol. The molecular formula is C17H23N5O2. The average Bonchev–Trinajstić information content (AvgIpc) is 2.80. The molecule has 0 unspecified atom stereocenters. The van der Waals surface area contributed by atoms with Crippen molar-refractivity contribution >= 4 is 5.91 Å². The van der Waals surface area contributed by atoms with E-state index in [0.717, 1.165) is 17.2 Å². The highest BCUT2D eigenvalue weighted by molar-refractivity contribution is 5.90. The van der Waals surface area contributed by atoms with Gasteiger partial charge in [0.15, 0.2) is 5.82 Å². The summed E-state index contributed by atoms with van der Waals surface area (Å²) in [6.45, 7) is 6.30. The fourth-order valence-corrected chi connectivity index (χ4v) is 3.05. The fourth-order valence-electron chi connectivity index (χ4n) is 3.05. The molecule has 1 atom stereocenters. The average molecular weight is 329 g/mol. The van der Waals surface area contributed by atoms with Gasteiger partial charge in [-0.2, -0.15) is 0 Å². The Morgan fingerprint density at radius 2 is 2.08 bits per heavy atom. The number of hydrogen-bond donors (Lipinski definition) is 0. The van der Waals surface area contributed by atoms with Gasteiger partial charge < -0.3 is 14.2 Å². The second kappa shape index (κ2) is 7.09. The quantitative estimate of drug-likeness (QED) is 0.845. The largest absolute Gasteiger partial charge is 0.379 e. The van der Waals surface area contributed by atoms with Crippen LogP contribution in [-0.2, 0) is 18.2 Å². The normalized spacial score (nSPS) is 18.5. The summed E-state index contributed by atoms with van der Waals surface area (Å²) in [5.74, 6) is 1.39. The summed E-state index contributed by atoms with van der Waals surface area (Å²) in [6.07, 6.45) is 4.12. The lowest BCUT2D eigenvalue weighted by Gasteiger charge is -2.23. The predicted molar refractivity (Wildman–Crippen MR) is 88.6 cm³/mol. The number of aryl methyl sites for hydroxylation is 3. The van der Waals surface area contributed by atoms with Crippen LogP contribution in [0.5, 0.6) is 0 Å². The molecule has 2 aromatic rings. The molecule has 1 fully saturated rings. The Labute approximate surface area is 141 Å². The van der Waals surface area contributed by atoms with Crippen LogP contribution in [0.15, 0.2) is 18.5 Å². The third-order valence-electron chi connectivity index (χ3n) is 4.14. The van der Waals surface area contributed by atoms with E-state index in [2.05, 4.69) is 15.0 Å². The number of imidazole rings is 1. The van der Waals surface area contributed by atoms with Gasteiger partial charge in [0.2, 0.25) is 0 Å². The van der Waals surface area contributed by atoms with E-state index >= 15 is 0 Å². The summed E-state index contributed by atoms with van der Waals surface area (Å²) >= 11 is 0. The lowest BCUT2D eigenvalue weighted by molar-refractivity contribution is 0.0721. The molecule has 0 N–H and O–H groups in total. The number of ether oxygens (including phenoxy) is 1. The zero-order valence-corrected chi connectivity index (χ0v) is 14.4. The van der Waals surface area contributed by atoms with Gasteiger partial charge in [-0.1, -0.05) is 0 Å². The van der Waals surface area contributed by atoms with Crippen molar-refractivity contribution < 1.29 is 9.53 Å². The van der Waals surface area contributed by atoms with Crippen LogP contribution in [0.1, 0.15) is 27.8 Å². The van der Waals surface area contributed by atoms with Gasteiger partial charge in [-0.3, -0.25) is 4.79 Å². The zero-order valence-electron chi connectivity index (χ0n) is 14.4. The number of amides is 1. The van der Waals surface area contributed by atoms with Crippen molar-refractivity contribution in [2.75, 3.05) is 26.3 Å². The lowest BCUT2D eigenvalue weighted by atomic mass is 10.1. The summed E-state index contributed by atoms with van der Waals surface area (Å²) in [7, 11) is 1.83. The van der Waals surface area contributed by atoms with E-state index in [9.17, 15) is 4.79 Å². The summed E-state index contributed by atoms with van der Waals surface area (Å²) in [5, 5.41) is 0. The van der Waals surface area contributed by atoms with Crippen molar-refractivity contribution in [2.24, 2.45) is 13.0 Å². The molecule has 0 aromatic carbocycles. The second-order valence-electron chi connectivity index (χ2n) is 6.32. The highest BCUT2D eigenvalue weighted by Crippen LogP contribution is 2.14. The van der Waals surface area contributed by atoms with Crippen molar-refractivity contribution in [1.29, 1.82) is 0 Å². The standard InChI is InChI=1S/C17H23N5O2/c1-12-8-13(2)20-15(19-12)9-14-10-22(6-7-24-11-14)17(23)16-18-4-5-21(16)3/h4-5,8,14H,6-7,9-11H2,1-3H3/t14-/m0/s1. The Bertz CT molecular complexity index is 707. The van der Waals surface area contributed by atoms with E-state index in [-0.39, 0.29) is 11.8 Å². The van der Waals surface area contributed by atoms with Gasteiger partial charge in [0.05, 0.1) is 13.2 Å². The Hall–Kier alpha value is -2.28. The topological polar surface area (TPSA) is 73.1 Å². The maximum absolute atomic E-state index is 12.7. The molecule has 3 heterocycles. The molecular weight excluding hydrogens is 306 g/mol. The molecule has 0 radical (unpaired) electrons. The van der Waals surface area contributed by atoms with Gasteiger partial charge in [0.1, 0.15) is 5.82 Å². The Morgan fingerprint density at radius 3 is 2.75 bits per heavy atom. The minimum atomic E-state index is -0.0562. The maximum atomic E-state index is 12.7. The molecule has 7 heteroatoms. The van der Waals surface area contributed by atoms with Crippen LogP contribution in [0, 0.1) is 19.8 Å². The van der Waals surface area contributed by atoms with Gasteiger partial charge in [-0.05, 0) is 19.9 Å². The van der Waals surface area contributed by atoms with Crippen LogP contribution < -0.4 is 0 Å². The number of rotatable bonds is 3. The van der Waals surface area contributed by atoms with Gasteiger partial charge >= 0.3 is 0 Å². The zero-order chi connectivity index (χ0) is 17.1. The third kappa shape index (κ3) is 3.79. The van der Waals surface area contributed by atoms with Crippen LogP contribution in [0.3, 0.4) is 0 Å². The Morgan fingerprint density at radius 1 is 1.33 bits per heavy atom. The number of hydrogen-bond acceptors (Lipinski definition) is 5. The van der Waals surface area contributed by atoms with Crippen molar-refractivity contribution in [3.8, 4) is 0 Å². The van der Waals surface area contributed by atoms with Crippen LogP contribution in [-0.4, -0.2) is 56.6 Å². The van der Waals surface area contributed by atoms with Crippen LogP contribution in [0.2, 0.25) is 0 Å². The number of carbonyl (C=O) groups is 1. The fraction of sp³-hybridized carbons (Fsp3) is 0.529. The molecule has 2 aromatic heterocycles. The number of carbonyl (C=O) groups excluding carboxylic acids is 1. The highest BCUT2D eigenvalue weighted by Gasteiger charge is 2.26. The van der Waals surface area contributed by atoms with E-state index in [1.807, 2.05) is 31.9 Å². The van der Waals surface area contributed by atoms with E-state index in [1.165, 1.54) is 0 Å². The minimum absolute atomic E-state index is 0.0562. The van der Waals surface area contributed by atoms with Crippen molar-refractivity contribution in [3.05, 3.63) is 41.5 Å². The second-order valence-corrected chi connectivity index (χ2v) is 6.32. The number of aromatic nitrogens is 4. The maximum Gasteiger partial charge on any atom is 0.289 e. The SMILES string of the molecule is Cc1cc(C)nc(C[C@@H]2COCCN(C(=O)c3nccn3C)C2)n1. The molecule has 0 saturated carbocycles. The van der Waals surface area contributed by atoms with Crippen molar-refractivity contribution in [2.45, 2.75) is 20.3 Å². The van der Waals surface area contributed by atoms with Gasteiger partial charge in [0.25, 0.3) is 5.91 Å². The predicted octanol–water partition coefficient (Wildman–Crippen LogP) is 1.16. The highest BCUT2D eigenvalue weighted by atomic mass is 16.5. The first-order valence-electron chi connectivity index (χ1n) is 8.18. The first kappa shape index (κ1) is 16.6. The van der Waals surface area contributed by atoms with Crippen LogP contribution in [0.4, 0.5) is 0 Å². The van der Waals surface area contributed by atoms with Crippen LogP contribution >= 0.6 is 0 Å². The third-order valence-corrected chi connectivity index (χ3v) is 4.14. The smallest absolute Gasteiger partial charge is 0.289 e. The molecule has 1 amide bonds. The lowest BCUT2D eigenvalue weighted by Crippen LogP contribution is -2.37. The first-order valence-corrected chi connectivity index (χ1v) is 8.18. The van der Waals surface area contributed by atoms with Gasteiger partial charge in [-0.15, -0.1) is 0 Å². The van der Waals surface area contributed by atoms with Gasteiger partial charge in [-0.25, -0.2) is 15.0 Å². The molecule has 0 spiro atoms. The molecule has 128 valence electrons. The first-order chi connectivity index (χ1) is 11.5. The van der Waals surface area contributed by atoms with E-state index < -0.39 is 0 Å². The summed E-state index contributed by atoms with van der Waals surface area (Å²) in [5.41, 5.74) is 1.93. The molecule has 1 saturated heterocycles. The van der Waals surface area contributed by atoms with E-state index in [4.69, 9.17) is 4.74 Å². The number of nitrogens with zero attached hydrogens (tertiary/aromatic N) is 5. The molecule has 1 aliphatic rings. The van der Waals surface area contributed by atoms with Crippen LogP contribution in [0.25, 0.3) is 0 Å². The van der Waals surface area contributed by atoms with Gasteiger partial charge in [0, 0.05) is 56.3 Å². The summed E-state index contributed by atoms with van der Waals surface area (Å²) in [4.78, 5) is 27.7.